The van der Waals surface area contributed by atoms with Gasteiger partial charge in [0.15, 0.2) is 0 Å². The Balaban J connectivity index is 2.49. The number of aromatic amines is 1. The Morgan fingerprint density at radius 1 is 1.31 bits per heavy atom. The van der Waals surface area contributed by atoms with Gasteiger partial charge in [0.25, 0.3) is 5.56 Å². The van der Waals surface area contributed by atoms with Gasteiger partial charge in [0.05, 0.1) is 10.9 Å². The summed E-state index contributed by atoms with van der Waals surface area (Å²) in [5.74, 6) is -0.473. The van der Waals surface area contributed by atoms with Gasteiger partial charge in [-0.25, -0.2) is 9.18 Å². The summed E-state index contributed by atoms with van der Waals surface area (Å²) in [6, 6.07) is 4.06. The highest BCUT2D eigenvalue weighted by molar-refractivity contribution is 5.78. The Morgan fingerprint density at radius 3 is 2.75 bits per heavy atom. The normalized spacial score (nSPS) is 15.6. The van der Waals surface area contributed by atoms with Gasteiger partial charge in [-0.15, -0.1) is 0 Å². The monoisotopic (exact) mass is 220 g/mol. The lowest BCUT2D eigenvalue weighted by Crippen LogP contribution is -2.29. The number of fused-ring (bicyclic) bond motifs is 1. The van der Waals surface area contributed by atoms with Gasteiger partial charge in [-0.2, -0.15) is 0 Å². The maximum atomic E-state index is 13.0. The van der Waals surface area contributed by atoms with Gasteiger partial charge in [-0.05, 0) is 31.0 Å². The molecule has 0 amide bonds. The Hall–Kier alpha value is -1.91. The molecule has 2 aromatic rings. The molecule has 1 N–H and O–H groups in total. The van der Waals surface area contributed by atoms with Gasteiger partial charge < -0.3 is 0 Å². The summed E-state index contributed by atoms with van der Waals surface area (Å²) in [7, 11) is 0. The van der Waals surface area contributed by atoms with Crippen LogP contribution in [0.2, 0.25) is 0 Å². The predicted octanol–water partition coefficient (Wildman–Crippen LogP) is 1.16. The van der Waals surface area contributed by atoms with Crippen molar-refractivity contribution in [1.29, 1.82) is 0 Å². The fourth-order valence-electron chi connectivity index (χ4n) is 1.93. The lowest BCUT2D eigenvalue weighted by Gasteiger charge is -2.07. The van der Waals surface area contributed by atoms with Crippen molar-refractivity contribution in [2.24, 2.45) is 0 Å². The molecule has 0 saturated heterocycles. The molecule has 1 saturated carbocycles. The Morgan fingerprint density at radius 2 is 2.06 bits per heavy atom. The minimum absolute atomic E-state index is 0.150. The van der Waals surface area contributed by atoms with Crippen molar-refractivity contribution in [2.45, 2.75) is 18.9 Å². The largest absolute Gasteiger partial charge is 0.329 e. The van der Waals surface area contributed by atoms with Crippen LogP contribution in [0, 0.1) is 5.82 Å². The smallest absolute Gasteiger partial charge is 0.290 e. The van der Waals surface area contributed by atoms with E-state index in [9.17, 15) is 14.0 Å². The summed E-state index contributed by atoms with van der Waals surface area (Å²) in [5.41, 5.74) is -0.430. The van der Waals surface area contributed by atoms with Gasteiger partial charge >= 0.3 is 5.69 Å². The van der Waals surface area contributed by atoms with Crippen molar-refractivity contribution >= 4 is 10.9 Å². The first-order valence-corrected chi connectivity index (χ1v) is 5.11. The third kappa shape index (κ3) is 1.28. The van der Waals surface area contributed by atoms with E-state index < -0.39 is 17.1 Å². The maximum absolute atomic E-state index is 13.0. The van der Waals surface area contributed by atoms with Crippen LogP contribution in [0.5, 0.6) is 0 Å². The summed E-state index contributed by atoms with van der Waals surface area (Å²) in [4.78, 5) is 25.4. The average molecular weight is 220 g/mol. The zero-order chi connectivity index (χ0) is 11.3. The van der Waals surface area contributed by atoms with E-state index in [4.69, 9.17) is 0 Å². The zero-order valence-corrected chi connectivity index (χ0v) is 8.37. The van der Waals surface area contributed by atoms with Crippen LogP contribution < -0.4 is 11.2 Å². The number of hydrogen-bond acceptors (Lipinski definition) is 2. The lowest BCUT2D eigenvalue weighted by atomic mass is 10.2. The van der Waals surface area contributed by atoms with Crippen molar-refractivity contribution in [2.75, 3.05) is 0 Å². The second-order valence-electron chi connectivity index (χ2n) is 4.02. The molecule has 16 heavy (non-hydrogen) atoms. The van der Waals surface area contributed by atoms with Crippen LogP contribution >= 0.6 is 0 Å². The van der Waals surface area contributed by atoms with Gasteiger partial charge in [0.1, 0.15) is 5.82 Å². The molecule has 3 rings (SSSR count). The predicted molar refractivity (Wildman–Crippen MR) is 57.1 cm³/mol. The highest BCUT2D eigenvalue weighted by atomic mass is 19.1. The average Bonchev–Trinajstić information content (AvgIpc) is 3.03. The molecule has 1 aromatic carbocycles. The molecule has 1 aromatic heterocycles. The molecule has 1 aliphatic carbocycles. The number of nitrogens with one attached hydrogen (secondary N) is 1. The molecule has 4 nitrogen and oxygen atoms in total. The summed E-state index contributed by atoms with van der Waals surface area (Å²) in [6.07, 6.45) is 1.86. The van der Waals surface area contributed by atoms with E-state index in [1.54, 1.807) is 0 Å². The highest BCUT2D eigenvalue weighted by Gasteiger charge is 2.26. The first-order chi connectivity index (χ1) is 7.66. The minimum atomic E-state index is -0.531. The molecule has 0 bridgehead atoms. The standard InChI is InChI=1S/C11H9FN2O2/c12-6-1-4-9-8(5-6)10(15)13-11(16)14(9)7-2-3-7/h1,4-5,7H,2-3H2,(H,13,15,16). The Bertz CT molecular complexity index is 682. The third-order valence-electron chi connectivity index (χ3n) is 2.81. The molecule has 5 heteroatoms. The SMILES string of the molecule is O=c1[nH]c(=O)n(C2CC2)c2ccc(F)cc12. The topological polar surface area (TPSA) is 54.9 Å². The van der Waals surface area contributed by atoms with E-state index in [2.05, 4.69) is 4.98 Å². The summed E-state index contributed by atoms with van der Waals surface area (Å²) < 4.78 is 14.6. The van der Waals surface area contributed by atoms with Crippen LogP contribution in [0.3, 0.4) is 0 Å². The first-order valence-electron chi connectivity index (χ1n) is 5.11. The lowest BCUT2D eigenvalue weighted by molar-refractivity contribution is 0.628. The maximum Gasteiger partial charge on any atom is 0.329 e. The van der Waals surface area contributed by atoms with Crippen LogP contribution in [0.4, 0.5) is 4.39 Å². The van der Waals surface area contributed by atoms with Crippen LogP contribution in [0.1, 0.15) is 18.9 Å². The van der Waals surface area contributed by atoms with Gasteiger partial charge in [0, 0.05) is 6.04 Å². The van der Waals surface area contributed by atoms with Crippen LogP contribution in [0.15, 0.2) is 27.8 Å². The zero-order valence-electron chi connectivity index (χ0n) is 8.37. The molecule has 1 aliphatic rings. The van der Waals surface area contributed by atoms with Crippen molar-refractivity contribution in [3.8, 4) is 0 Å². The molecule has 0 radical (unpaired) electrons. The first kappa shape index (κ1) is 9.33. The molecule has 1 fully saturated rings. The fraction of sp³-hybridized carbons (Fsp3) is 0.273. The van der Waals surface area contributed by atoms with Crippen molar-refractivity contribution in [3.05, 3.63) is 44.9 Å². The van der Waals surface area contributed by atoms with Crippen LogP contribution in [-0.2, 0) is 0 Å². The van der Waals surface area contributed by atoms with Crippen LogP contribution in [-0.4, -0.2) is 9.55 Å². The third-order valence-corrected chi connectivity index (χ3v) is 2.81. The second kappa shape index (κ2) is 3.04. The highest BCUT2D eigenvalue weighted by Crippen LogP contribution is 2.35. The number of benzene rings is 1. The molecule has 0 spiro atoms. The number of hydrogen-bond donors (Lipinski definition) is 1. The number of nitrogens with zero attached hydrogens (tertiary/aromatic N) is 1. The van der Waals surface area contributed by atoms with Crippen molar-refractivity contribution in [3.63, 3.8) is 0 Å². The van der Waals surface area contributed by atoms with E-state index in [1.165, 1.54) is 16.7 Å². The van der Waals surface area contributed by atoms with E-state index >= 15 is 0 Å². The quantitative estimate of drug-likeness (QED) is 0.784. The number of rotatable bonds is 1. The number of halogens is 1. The molecule has 0 unspecified atom stereocenters. The van der Waals surface area contributed by atoms with Crippen LogP contribution in [0.25, 0.3) is 10.9 Å². The Labute approximate surface area is 89.3 Å². The van der Waals surface area contributed by atoms with E-state index in [-0.39, 0.29) is 11.4 Å². The number of aromatic nitrogens is 2. The molecular formula is C11H9FN2O2. The van der Waals surface area contributed by atoms with E-state index in [0.29, 0.717) is 5.52 Å². The van der Waals surface area contributed by atoms with Crippen molar-refractivity contribution < 1.29 is 4.39 Å². The van der Waals surface area contributed by atoms with E-state index in [1.807, 2.05) is 0 Å². The van der Waals surface area contributed by atoms with Gasteiger partial charge in [0.2, 0.25) is 0 Å². The minimum Gasteiger partial charge on any atom is -0.290 e. The fourth-order valence-corrected chi connectivity index (χ4v) is 1.93. The van der Waals surface area contributed by atoms with Gasteiger partial charge in [-0.1, -0.05) is 0 Å². The summed E-state index contributed by atoms with van der Waals surface area (Å²) in [5, 5.41) is 0.228. The number of H-pyrrole nitrogens is 1. The van der Waals surface area contributed by atoms with Gasteiger partial charge in [-0.3, -0.25) is 14.3 Å². The molecular weight excluding hydrogens is 211 g/mol. The molecule has 0 aliphatic heterocycles. The van der Waals surface area contributed by atoms with E-state index in [0.717, 1.165) is 18.9 Å². The molecule has 0 atom stereocenters. The van der Waals surface area contributed by atoms with Crippen molar-refractivity contribution in [1.82, 2.24) is 9.55 Å². The second-order valence-corrected chi connectivity index (χ2v) is 4.02. The molecule has 1 heterocycles. The summed E-state index contributed by atoms with van der Waals surface area (Å²) >= 11 is 0. The molecule has 82 valence electrons. The Kier molecular flexibility index (Phi) is 1.77. The summed E-state index contributed by atoms with van der Waals surface area (Å²) in [6.45, 7) is 0.